The van der Waals surface area contributed by atoms with E-state index in [9.17, 15) is 4.79 Å². The molecule has 17 heavy (non-hydrogen) atoms. The molecule has 2 atom stereocenters. The van der Waals surface area contributed by atoms with Gasteiger partial charge in [-0.2, -0.15) is 0 Å². The van der Waals surface area contributed by atoms with Crippen molar-refractivity contribution in [1.82, 2.24) is 5.32 Å². The van der Waals surface area contributed by atoms with Crippen LogP contribution in [0.4, 0.5) is 5.69 Å². The van der Waals surface area contributed by atoms with Gasteiger partial charge in [0.15, 0.2) is 0 Å². The Bertz CT molecular complexity index is 437. The minimum Gasteiger partial charge on any atom is -0.398 e. The highest BCUT2D eigenvalue weighted by Crippen LogP contribution is 2.20. The Morgan fingerprint density at radius 2 is 2.35 bits per heavy atom. The van der Waals surface area contributed by atoms with Crippen molar-refractivity contribution in [3.8, 4) is 0 Å². The zero-order valence-electron chi connectivity index (χ0n) is 9.57. The number of ether oxygens (including phenoxy) is 1. The zero-order chi connectivity index (χ0) is 12.4. The molecule has 1 heterocycles. The van der Waals surface area contributed by atoms with Crippen LogP contribution in [0.2, 0.25) is 5.02 Å². The molecule has 3 N–H and O–H groups in total. The minimum absolute atomic E-state index is 0.0589. The highest BCUT2D eigenvalue weighted by Gasteiger charge is 2.25. The van der Waals surface area contributed by atoms with E-state index in [1.165, 1.54) is 0 Å². The average molecular weight is 255 g/mol. The molecule has 0 saturated carbocycles. The highest BCUT2D eigenvalue weighted by molar-refractivity contribution is 6.33. The van der Waals surface area contributed by atoms with Crippen molar-refractivity contribution in [3.63, 3.8) is 0 Å². The van der Waals surface area contributed by atoms with Gasteiger partial charge in [0.2, 0.25) is 0 Å². The maximum atomic E-state index is 11.9. The first-order valence-electron chi connectivity index (χ1n) is 5.55. The maximum absolute atomic E-state index is 11.9. The standard InChI is InChI=1S/C12H15ClN2O2/c1-7-11(4-5-17-7)15-12(16)8-2-3-9(13)10(14)6-8/h2-3,6-7,11H,4-5,14H2,1H3,(H,15,16). The van der Waals surface area contributed by atoms with Gasteiger partial charge in [-0.15, -0.1) is 0 Å². The van der Waals surface area contributed by atoms with Crippen LogP contribution in [0.1, 0.15) is 23.7 Å². The van der Waals surface area contributed by atoms with E-state index in [0.717, 1.165) is 6.42 Å². The topological polar surface area (TPSA) is 64.3 Å². The molecule has 1 aromatic rings. The molecular formula is C12H15ClN2O2. The van der Waals surface area contributed by atoms with Crippen LogP contribution in [0.25, 0.3) is 0 Å². The predicted octanol–water partition coefficient (Wildman–Crippen LogP) is 1.83. The van der Waals surface area contributed by atoms with Crippen molar-refractivity contribution < 1.29 is 9.53 Å². The van der Waals surface area contributed by atoms with Gasteiger partial charge in [-0.3, -0.25) is 4.79 Å². The molecule has 5 heteroatoms. The Balaban J connectivity index is 2.06. The molecule has 1 fully saturated rings. The second-order valence-corrected chi connectivity index (χ2v) is 4.59. The number of benzene rings is 1. The van der Waals surface area contributed by atoms with Crippen molar-refractivity contribution in [3.05, 3.63) is 28.8 Å². The van der Waals surface area contributed by atoms with Crippen molar-refractivity contribution in [2.24, 2.45) is 0 Å². The molecule has 2 rings (SSSR count). The lowest BCUT2D eigenvalue weighted by molar-refractivity contribution is 0.0866. The number of nitrogens with two attached hydrogens (primary N) is 1. The molecule has 0 radical (unpaired) electrons. The second-order valence-electron chi connectivity index (χ2n) is 4.18. The van der Waals surface area contributed by atoms with Crippen molar-refractivity contribution in [1.29, 1.82) is 0 Å². The number of carbonyl (C=O) groups is 1. The summed E-state index contributed by atoms with van der Waals surface area (Å²) in [7, 11) is 0. The molecule has 1 aliphatic heterocycles. The fraction of sp³-hybridized carbons (Fsp3) is 0.417. The summed E-state index contributed by atoms with van der Waals surface area (Å²) < 4.78 is 5.38. The summed E-state index contributed by atoms with van der Waals surface area (Å²) >= 11 is 5.80. The highest BCUT2D eigenvalue weighted by atomic mass is 35.5. The number of carbonyl (C=O) groups excluding carboxylic acids is 1. The number of amides is 1. The summed E-state index contributed by atoms with van der Waals surface area (Å²) in [5, 5.41) is 3.39. The third kappa shape index (κ3) is 2.70. The fourth-order valence-corrected chi connectivity index (χ4v) is 1.98. The Labute approximate surface area is 105 Å². The predicted molar refractivity (Wildman–Crippen MR) is 67.1 cm³/mol. The van der Waals surface area contributed by atoms with Crippen LogP contribution in [-0.4, -0.2) is 24.7 Å². The van der Waals surface area contributed by atoms with Crippen molar-refractivity contribution in [2.75, 3.05) is 12.3 Å². The molecule has 1 aliphatic rings. The van der Waals surface area contributed by atoms with Crippen LogP contribution in [-0.2, 0) is 4.74 Å². The Hall–Kier alpha value is -1.26. The van der Waals surface area contributed by atoms with Crippen molar-refractivity contribution in [2.45, 2.75) is 25.5 Å². The number of nitrogens with one attached hydrogen (secondary N) is 1. The SMILES string of the molecule is CC1OCCC1NC(=O)c1ccc(Cl)c(N)c1. The van der Waals surface area contributed by atoms with Gasteiger partial charge < -0.3 is 15.8 Å². The smallest absolute Gasteiger partial charge is 0.251 e. The summed E-state index contributed by atoms with van der Waals surface area (Å²) in [6.45, 7) is 2.64. The van der Waals surface area contributed by atoms with Crippen LogP contribution in [0.15, 0.2) is 18.2 Å². The Kier molecular flexibility index (Phi) is 3.54. The van der Waals surface area contributed by atoms with Crippen LogP contribution in [0, 0.1) is 0 Å². The molecule has 4 nitrogen and oxygen atoms in total. The van der Waals surface area contributed by atoms with Gasteiger partial charge >= 0.3 is 0 Å². The summed E-state index contributed by atoms with van der Waals surface area (Å²) in [6.07, 6.45) is 0.902. The Morgan fingerprint density at radius 3 is 2.94 bits per heavy atom. The molecule has 1 saturated heterocycles. The number of halogens is 1. The molecule has 1 aromatic carbocycles. The number of rotatable bonds is 2. The lowest BCUT2D eigenvalue weighted by Gasteiger charge is -2.16. The second kappa shape index (κ2) is 4.94. The lowest BCUT2D eigenvalue weighted by atomic mass is 10.1. The van der Waals surface area contributed by atoms with E-state index in [0.29, 0.717) is 22.9 Å². The van der Waals surface area contributed by atoms with E-state index >= 15 is 0 Å². The summed E-state index contributed by atoms with van der Waals surface area (Å²) in [5.74, 6) is -0.143. The molecular weight excluding hydrogens is 240 g/mol. The van der Waals surface area contributed by atoms with Crippen LogP contribution < -0.4 is 11.1 Å². The number of nitrogen functional groups attached to an aromatic ring is 1. The van der Waals surface area contributed by atoms with Crippen LogP contribution >= 0.6 is 11.6 Å². The van der Waals surface area contributed by atoms with E-state index in [1.54, 1.807) is 18.2 Å². The molecule has 0 spiro atoms. The Morgan fingerprint density at radius 1 is 1.59 bits per heavy atom. The number of anilines is 1. The van der Waals surface area contributed by atoms with Gasteiger partial charge in [0.1, 0.15) is 0 Å². The first-order valence-corrected chi connectivity index (χ1v) is 5.93. The van der Waals surface area contributed by atoms with Gasteiger partial charge in [-0.25, -0.2) is 0 Å². The first kappa shape index (κ1) is 12.2. The van der Waals surface area contributed by atoms with E-state index in [-0.39, 0.29) is 18.1 Å². The third-order valence-electron chi connectivity index (χ3n) is 2.95. The van der Waals surface area contributed by atoms with Gasteiger partial charge in [0, 0.05) is 12.2 Å². The first-order chi connectivity index (χ1) is 8.08. The molecule has 1 amide bonds. The van der Waals surface area contributed by atoms with E-state index < -0.39 is 0 Å². The van der Waals surface area contributed by atoms with Gasteiger partial charge in [0.25, 0.3) is 5.91 Å². The zero-order valence-corrected chi connectivity index (χ0v) is 10.3. The maximum Gasteiger partial charge on any atom is 0.251 e. The van der Waals surface area contributed by atoms with Gasteiger partial charge in [-0.1, -0.05) is 11.6 Å². The van der Waals surface area contributed by atoms with E-state index in [4.69, 9.17) is 22.1 Å². The summed E-state index contributed by atoms with van der Waals surface area (Å²) in [6, 6.07) is 4.94. The fourth-order valence-electron chi connectivity index (χ4n) is 1.86. The van der Waals surface area contributed by atoms with Crippen LogP contribution in [0.5, 0.6) is 0 Å². The van der Waals surface area contributed by atoms with Crippen LogP contribution in [0.3, 0.4) is 0 Å². The van der Waals surface area contributed by atoms with Crippen molar-refractivity contribution >= 4 is 23.2 Å². The molecule has 92 valence electrons. The molecule has 0 bridgehead atoms. The van der Waals surface area contributed by atoms with Gasteiger partial charge in [-0.05, 0) is 31.5 Å². The summed E-state index contributed by atoms with van der Waals surface area (Å²) in [4.78, 5) is 11.9. The van der Waals surface area contributed by atoms with Gasteiger partial charge in [0.05, 0.1) is 22.9 Å². The largest absolute Gasteiger partial charge is 0.398 e. The monoisotopic (exact) mass is 254 g/mol. The lowest BCUT2D eigenvalue weighted by Crippen LogP contribution is -2.39. The third-order valence-corrected chi connectivity index (χ3v) is 3.30. The quantitative estimate of drug-likeness (QED) is 0.792. The molecule has 0 aromatic heterocycles. The van der Waals surface area contributed by atoms with E-state index in [2.05, 4.69) is 5.32 Å². The normalized spacial score (nSPS) is 23.6. The summed E-state index contributed by atoms with van der Waals surface area (Å²) in [5.41, 5.74) is 6.59. The number of hydrogen-bond acceptors (Lipinski definition) is 3. The molecule has 0 aliphatic carbocycles. The number of hydrogen-bond donors (Lipinski definition) is 2. The molecule has 2 unspecified atom stereocenters. The average Bonchev–Trinajstić information content (AvgIpc) is 2.68. The minimum atomic E-state index is -0.143. The van der Waals surface area contributed by atoms with E-state index in [1.807, 2.05) is 6.92 Å².